The lowest BCUT2D eigenvalue weighted by Crippen LogP contribution is -2.28. The molecular weight excluding hydrogens is 138 g/mol. The molecule has 3 nitrogen and oxygen atoms in total. The van der Waals surface area contributed by atoms with Gasteiger partial charge in [0, 0.05) is 12.1 Å². The Labute approximate surface area is 67.4 Å². The molecule has 1 heterocycles. The van der Waals surface area contributed by atoms with Crippen molar-refractivity contribution in [2.24, 2.45) is 10.7 Å². The van der Waals surface area contributed by atoms with Crippen molar-refractivity contribution >= 4 is 5.84 Å². The summed E-state index contributed by atoms with van der Waals surface area (Å²) in [5, 5.41) is 3.22. The van der Waals surface area contributed by atoms with Gasteiger partial charge in [-0.25, -0.2) is 0 Å². The summed E-state index contributed by atoms with van der Waals surface area (Å²) < 4.78 is 0. The third kappa shape index (κ3) is 2.05. The second-order valence-corrected chi connectivity index (χ2v) is 2.83. The SMILES string of the molecule is CC1=C(C)NC(CCN)=NC1. The molecule has 3 heteroatoms. The van der Waals surface area contributed by atoms with E-state index in [1.807, 2.05) is 0 Å². The summed E-state index contributed by atoms with van der Waals surface area (Å²) in [4.78, 5) is 4.32. The van der Waals surface area contributed by atoms with Crippen LogP contribution in [0.15, 0.2) is 16.3 Å². The van der Waals surface area contributed by atoms with Crippen molar-refractivity contribution in [1.29, 1.82) is 0 Å². The highest BCUT2D eigenvalue weighted by Gasteiger charge is 2.06. The quantitative estimate of drug-likeness (QED) is 0.611. The van der Waals surface area contributed by atoms with Crippen molar-refractivity contribution in [3.05, 3.63) is 11.3 Å². The van der Waals surface area contributed by atoms with E-state index in [1.165, 1.54) is 11.3 Å². The van der Waals surface area contributed by atoms with Crippen molar-refractivity contribution < 1.29 is 0 Å². The lowest BCUT2D eigenvalue weighted by molar-refractivity contribution is 0.896. The van der Waals surface area contributed by atoms with E-state index in [2.05, 4.69) is 24.2 Å². The van der Waals surface area contributed by atoms with E-state index in [9.17, 15) is 0 Å². The van der Waals surface area contributed by atoms with Crippen LogP contribution in [0.3, 0.4) is 0 Å². The molecule has 1 aliphatic heterocycles. The number of aliphatic imine (C=N–C) groups is 1. The Morgan fingerprint density at radius 3 is 2.82 bits per heavy atom. The van der Waals surface area contributed by atoms with Crippen LogP contribution in [-0.4, -0.2) is 18.9 Å². The molecule has 0 aromatic heterocycles. The molecule has 0 aromatic rings. The first-order chi connectivity index (χ1) is 5.24. The van der Waals surface area contributed by atoms with Crippen LogP contribution < -0.4 is 11.1 Å². The maximum atomic E-state index is 5.40. The monoisotopic (exact) mass is 153 g/mol. The fourth-order valence-electron chi connectivity index (χ4n) is 0.974. The fourth-order valence-corrected chi connectivity index (χ4v) is 0.974. The second-order valence-electron chi connectivity index (χ2n) is 2.83. The van der Waals surface area contributed by atoms with Gasteiger partial charge in [0.05, 0.1) is 6.54 Å². The Kier molecular flexibility index (Phi) is 2.65. The van der Waals surface area contributed by atoms with Crippen LogP contribution in [0.5, 0.6) is 0 Å². The van der Waals surface area contributed by atoms with E-state index in [4.69, 9.17) is 5.73 Å². The number of nitrogens with zero attached hydrogens (tertiary/aromatic N) is 1. The molecular formula is C8H15N3. The lowest BCUT2D eigenvalue weighted by atomic mass is 10.2. The zero-order valence-electron chi connectivity index (χ0n) is 7.15. The maximum absolute atomic E-state index is 5.40. The van der Waals surface area contributed by atoms with E-state index in [0.29, 0.717) is 6.54 Å². The molecule has 0 saturated heterocycles. The van der Waals surface area contributed by atoms with Crippen LogP contribution in [0.1, 0.15) is 20.3 Å². The molecule has 0 fully saturated rings. The Morgan fingerprint density at radius 1 is 1.55 bits per heavy atom. The highest BCUT2D eigenvalue weighted by molar-refractivity contribution is 5.85. The molecule has 1 aliphatic rings. The summed E-state index contributed by atoms with van der Waals surface area (Å²) in [6, 6.07) is 0. The van der Waals surface area contributed by atoms with Gasteiger partial charge in [0.25, 0.3) is 0 Å². The maximum Gasteiger partial charge on any atom is 0.102 e. The van der Waals surface area contributed by atoms with Gasteiger partial charge in [-0.15, -0.1) is 0 Å². The summed E-state index contributed by atoms with van der Waals surface area (Å²) in [5.74, 6) is 1.02. The third-order valence-corrected chi connectivity index (χ3v) is 1.86. The first-order valence-electron chi connectivity index (χ1n) is 3.91. The highest BCUT2D eigenvalue weighted by atomic mass is 15.0. The van der Waals surface area contributed by atoms with Gasteiger partial charge in [0.1, 0.15) is 5.84 Å². The van der Waals surface area contributed by atoms with Crippen LogP contribution in [0, 0.1) is 0 Å². The molecule has 0 saturated carbocycles. The van der Waals surface area contributed by atoms with Crippen molar-refractivity contribution in [2.45, 2.75) is 20.3 Å². The van der Waals surface area contributed by atoms with Gasteiger partial charge < -0.3 is 11.1 Å². The van der Waals surface area contributed by atoms with Crippen molar-refractivity contribution in [2.75, 3.05) is 13.1 Å². The topological polar surface area (TPSA) is 50.4 Å². The first kappa shape index (κ1) is 8.27. The van der Waals surface area contributed by atoms with Crippen molar-refractivity contribution in [3.8, 4) is 0 Å². The number of nitrogens with two attached hydrogens (primary N) is 1. The van der Waals surface area contributed by atoms with Crippen molar-refractivity contribution in [1.82, 2.24) is 5.32 Å². The third-order valence-electron chi connectivity index (χ3n) is 1.86. The predicted molar refractivity (Wildman–Crippen MR) is 47.5 cm³/mol. The van der Waals surface area contributed by atoms with Gasteiger partial charge >= 0.3 is 0 Å². The summed E-state index contributed by atoms with van der Waals surface area (Å²) in [7, 11) is 0. The smallest absolute Gasteiger partial charge is 0.102 e. The number of amidine groups is 1. The van der Waals surface area contributed by atoms with Crippen LogP contribution >= 0.6 is 0 Å². The summed E-state index contributed by atoms with van der Waals surface area (Å²) in [6.45, 7) is 5.65. The molecule has 0 unspecified atom stereocenters. The van der Waals surface area contributed by atoms with Crippen LogP contribution in [0.25, 0.3) is 0 Å². The van der Waals surface area contributed by atoms with E-state index in [0.717, 1.165) is 18.8 Å². The van der Waals surface area contributed by atoms with Gasteiger partial charge in [0.15, 0.2) is 0 Å². The first-order valence-corrected chi connectivity index (χ1v) is 3.91. The molecule has 0 spiro atoms. The Bertz CT molecular complexity index is 203. The van der Waals surface area contributed by atoms with Gasteiger partial charge in [0.2, 0.25) is 0 Å². The number of rotatable bonds is 2. The van der Waals surface area contributed by atoms with Gasteiger partial charge in [-0.1, -0.05) is 0 Å². The fraction of sp³-hybridized carbons (Fsp3) is 0.625. The van der Waals surface area contributed by atoms with E-state index < -0.39 is 0 Å². The molecule has 62 valence electrons. The minimum atomic E-state index is 0.665. The average Bonchev–Trinajstić information content (AvgIpc) is 1.98. The number of allylic oxidation sites excluding steroid dienone is 1. The Balaban J connectivity index is 2.52. The molecule has 0 amide bonds. The number of hydrogen-bond donors (Lipinski definition) is 2. The Morgan fingerprint density at radius 2 is 2.27 bits per heavy atom. The summed E-state index contributed by atoms with van der Waals surface area (Å²) in [5.41, 5.74) is 7.94. The molecule has 0 aromatic carbocycles. The van der Waals surface area contributed by atoms with E-state index in [1.54, 1.807) is 0 Å². The van der Waals surface area contributed by atoms with Crippen molar-refractivity contribution in [3.63, 3.8) is 0 Å². The molecule has 0 atom stereocenters. The molecule has 11 heavy (non-hydrogen) atoms. The Hall–Kier alpha value is -0.830. The number of nitrogens with one attached hydrogen (secondary N) is 1. The highest BCUT2D eigenvalue weighted by Crippen LogP contribution is 2.06. The lowest BCUT2D eigenvalue weighted by Gasteiger charge is -2.16. The molecule has 0 bridgehead atoms. The predicted octanol–water partition coefficient (Wildman–Crippen LogP) is 0.631. The second kappa shape index (κ2) is 3.53. The summed E-state index contributed by atoms with van der Waals surface area (Å²) >= 11 is 0. The average molecular weight is 153 g/mol. The van der Waals surface area contributed by atoms with E-state index in [-0.39, 0.29) is 0 Å². The zero-order chi connectivity index (χ0) is 8.27. The normalized spacial score (nSPS) is 17.9. The van der Waals surface area contributed by atoms with Crippen LogP contribution in [0.2, 0.25) is 0 Å². The minimum Gasteiger partial charge on any atom is -0.348 e. The standard InChI is InChI=1S/C8H15N3/c1-6-5-10-8(3-4-9)11-7(6)2/h3-5,9H2,1-2H3,(H,10,11). The summed E-state index contributed by atoms with van der Waals surface area (Å²) in [6.07, 6.45) is 0.852. The molecule has 0 aliphatic carbocycles. The van der Waals surface area contributed by atoms with Crippen LogP contribution in [0.4, 0.5) is 0 Å². The molecule has 3 N–H and O–H groups in total. The van der Waals surface area contributed by atoms with Gasteiger partial charge in [-0.05, 0) is 26.0 Å². The minimum absolute atomic E-state index is 0.665. The van der Waals surface area contributed by atoms with E-state index >= 15 is 0 Å². The molecule has 1 rings (SSSR count). The largest absolute Gasteiger partial charge is 0.348 e. The zero-order valence-corrected chi connectivity index (χ0v) is 7.15. The van der Waals surface area contributed by atoms with Gasteiger partial charge in [-0.3, -0.25) is 4.99 Å². The number of hydrogen-bond acceptors (Lipinski definition) is 3. The molecule has 0 radical (unpaired) electrons. The van der Waals surface area contributed by atoms with Gasteiger partial charge in [-0.2, -0.15) is 0 Å². The van der Waals surface area contributed by atoms with Crippen LogP contribution in [-0.2, 0) is 0 Å².